The van der Waals surface area contributed by atoms with Gasteiger partial charge in [-0.2, -0.15) is 0 Å². The predicted octanol–water partition coefficient (Wildman–Crippen LogP) is 13.1. The van der Waals surface area contributed by atoms with Crippen molar-refractivity contribution >= 4 is 37.3 Å². The molecule has 61 heavy (non-hydrogen) atoms. The Hall–Kier alpha value is -6.54. The Labute approximate surface area is 361 Å². The fourth-order valence-electron chi connectivity index (χ4n) is 9.25. The molecule has 0 N–H and O–H groups in total. The highest BCUT2D eigenvalue weighted by Gasteiger charge is 2.46. The fourth-order valence-corrected chi connectivity index (χ4v) is 11.6. The minimum Gasteiger partial charge on any atom is -0.208 e. The summed E-state index contributed by atoms with van der Waals surface area (Å²) < 4.78 is 0. The van der Waals surface area contributed by atoms with Gasteiger partial charge in [0.05, 0.1) is 21.6 Å². The van der Waals surface area contributed by atoms with Crippen molar-refractivity contribution in [2.24, 2.45) is 0 Å². The van der Waals surface area contributed by atoms with Crippen molar-refractivity contribution in [3.8, 4) is 56.4 Å². The predicted molar refractivity (Wildman–Crippen MR) is 262 cm³/mol. The van der Waals surface area contributed by atoms with Crippen LogP contribution in [0.15, 0.2) is 188 Å². The minimum atomic E-state index is -1.46. The zero-order chi connectivity index (χ0) is 41.9. The Morgan fingerprint density at radius 3 is 1.28 bits per heavy atom. The Morgan fingerprint density at radius 2 is 0.787 bits per heavy atom. The smallest absolute Gasteiger partial charge is 0.164 e. The molecule has 0 fully saturated rings. The molecule has 1 aliphatic carbocycles. The third-order valence-electron chi connectivity index (χ3n) is 12.6. The lowest BCUT2D eigenvalue weighted by atomic mass is 9.67. The summed E-state index contributed by atoms with van der Waals surface area (Å²) in [5, 5.41) is 5.36. The lowest BCUT2D eigenvalue weighted by Crippen LogP contribution is -2.37. The standard InChI is InChI=1S/C56H49N3Si2/c1-60(2,3)46-31-25-41(26-32-46)54-57-53(58-55(59-54)42-27-33-47(34-28-42)61(4,5)6)40-23-21-38(22-24-40)43-29-35-49-51(37-43)56(44-16-9-7-10-17-44,45-18-11-8-12-19-45)50-36-30-39-15-13-14-20-48(39)52(49)50/h7-37H,1-6H3. The molecule has 0 amide bonds. The molecule has 1 heterocycles. The second-order valence-corrected chi connectivity index (χ2v) is 28.6. The maximum atomic E-state index is 5.13. The summed E-state index contributed by atoms with van der Waals surface area (Å²) in [4.78, 5) is 15.3. The van der Waals surface area contributed by atoms with Crippen LogP contribution in [-0.4, -0.2) is 31.1 Å². The van der Waals surface area contributed by atoms with E-state index in [2.05, 4.69) is 227 Å². The van der Waals surface area contributed by atoms with Crippen LogP contribution in [0, 0.1) is 0 Å². The highest BCUT2D eigenvalue weighted by Crippen LogP contribution is 2.58. The number of fused-ring (bicyclic) bond motifs is 5. The second kappa shape index (κ2) is 14.9. The van der Waals surface area contributed by atoms with E-state index in [1.807, 2.05) is 0 Å². The Bertz CT molecular complexity index is 2940. The SMILES string of the molecule is C[Si](C)(C)c1ccc(-c2nc(-c3ccc(-c4ccc5c(c4)C(c4ccccc4)(c4ccccc4)c4ccc6ccccc6c4-5)cc3)nc(-c3ccc([Si](C)(C)C)cc3)n2)cc1. The summed E-state index contributed by atoms with van der Waals surface area (Å²) in [5.74, 6) is 2.03. The second-order valence-electron chi connectivity index (χ2n) is 18.5. The minimum absolute atomic E-state index is 0.495. The number of benzene rings is 8. The molecule has 0 bridgehead atoms. The molecule has 1 aromatic heterocycles. The summed E-state index contributed by atoms with van der Waals surface area (Å²) in [5.41, 5.74) is 12.5. The van der Waals surface area contributed by atoms with Crippen molar-refractivity contribution in [2.45, 2.75) is 44.7 Å². The molecule has 0 atom stereocenters. The van der Waals surface area contributed by atoms with E-state index >= 15 is 0 Å². The number of hydrogen-bond acceptors (Lipinski definition) is 3. The van der Waals surface area contributed by atoms with Gasteiger partial charge < -0.3 is 0 Å². The van der Waals surface area contributed by atoms with Gasteiger partial charge in [-0.05, 0) is 61.3 Å². The molecule has 5 heteroatoms. The van der Waals surface area contributed by atoms with Crippen molar-refractivity contribution in [3.05, 3.63) is 210 Å². The lowest BCUT2D eigenvalue weighted by Gasteiger charge is -2.34. The van der Waals surface area contributed by atoms with Gasteiger partial charge in [0.2, 0.25) is 0 Å². The van der Waals surface area contributed by atoms with Crippen LogP contribution in [0.4, 0.5) is 0 Å². The zero-order valence-electron chi connectivity index (χ0n) is 35.7. The molecule has 296 valence electrons. The zero-order valence-corrected chi connectivity index (χ0v) is 37.7. The van der Waals surface area contributed by atoms with E-state index in [0.29, 0.717) is 17.5 Å². The first-order valence-electron chi connectivity index (χ1n) is 21.4. The van der Waals surface area contributed by atoms with E-state index in [9.17, 15) is 0 Å². The van der Waals surface area contributed by atoms with Gasteiger partial charge in [0.1, 0.15) is 0 Å². The molecule has 3 nitrogen and oxygen atoms in total. The van der Waals surface area contributed by atoms with Crippen molar-refractivity contribution in [1.29, 1.82) is 0 Å². The van der Waals surface area contributed by atoms with Gasteiger partial charge in [-0.1, -0.05) is 232 Å². The molecule has 0 radical (unpaired) electrons. The van der Waals surface area contributed by atoms with Gasteiger partial charge in [-0.15, -0.1) is 0 Å². The quantitative estimate of drug-likeness (QED) is 0.143. The van der Waals surface area contributed by atoms with Crippen LogP contribution in [0.5, 0.6) is 0 Å². The maximum absolute atomic E-state index is 5.13. The van der Waals surface area contributed by atoms with Crippen LogP contribution in [0.1, 0.15) is 22.3 Å². The number of nitrogens with zero attached hydrogens (tertiary/aromatic N) is 3. The van der Waals surface area contributed by atoms with Gasteiger partial charge in [-0.25, -0.2) is 15.0 Å². The van der Waals surface area contributed by atoms with Crippen molar-refractivity contribution < 1.29 is 0 Å². The van der Waals surface area contributed by atoms with E-state index < -0.39 is 21.6 Å². The molecule has 0 spiro atoms. The molecule has 8 aromatic carbocycles. The first-order valence-corrected chi connectivity index (χ1v) is 28.4. The molecule has 10 rings (SSSR count). The summed E-state index contributed by atoms with van der Waals surface area (Å²) >= 11 is 0. The number of rotatable bonds is 8. The van der Waals surface area contributed by atoms with E-state index in [4.69, 9.17) is 15.0 Å². The average molecular weight is 820 g/mol. The largest absolute Gasteiger partial charge is 0.208 e. The van der Waals surface area contributed by atoms with Crippen LogP contribution in [0.3, 0.4) is 0 Å². The lowest BCUT2D eigenvalue weighted by molar-refractivity contribution is 0.769. The summed E-state index contributed by atoms with van der Waals surface area (Å²) in [7, 11) is -2.93. The van der Waals surface area contributed by atoms with Gasteiger partial charge in [0.25, 0.3) is 0 Å². The van der Waals surface area contributed by atoms with E-state index in [-0.39, 0.29) is 0 Å². The summed E-state index contributed by atoms with van der Waals surface area (Å²) in [6.07, 6.45) is 0. The summed E-state index contributed by atoms with van der Waals surface area (Å²) in [6, 6.07) is 69.1. The van der Waals surface area contributed by atoms with Crippen LogP contribution in [0.2, 0.25) is 39.3 Å². The molecule has 1 aliphatic rings. The number of hydrogen-bond donors (Lipinski definition) is 0. The van der Waals surface area contributed by atoms with Crippen molar-refractivity contribution in [3.63, 3.8) is 0 Å². The van der Waals surface area contributed by atoms with Crippen LogP contribution in [-0.2, 0) is 5.41 Å². The van der Waals surface area contributed by atoms with E-state index in [1.165, 1.54) is 60.1 Å². The van der Waals surface area contributed by atoms with Gasteiger partial charge in [0.15, 0.2) is 17.5 Å². The highest BCUT2D eigenvalue weighted by atomic mass is 28.3. The van der Waals surface area contributed by atoms with Crippen molar-refractivity contribution in [2.75, 3.05) is 0 Å². The monoisotopic (exact) mass is 819 g/mol. The number of aromatic nitrogens is 3. The topological polar surface area (TPSA) is 38.7 Å². The van der Waals surface area contributed by atoms with Gasteiger partial charge >= 0.3 is 0 Å². The third-order valence-corrected chi connectivity index (χ3v) is 16.7. The molecule has 0 saturated heterocycles. The molecule has 0 saturated carbocycles. The molecule has 0 unspecified atom stereocenters. The Kier molecular flexibility index (Phi) is 9.43. The summed E-state index contributed by atoms with van der Waals surface area (Å²) in [6.45, 7) is 14.3. The fraction of sp³-hybridized carbons (Fsp3) is 0.125. The normalized spacial score (nSPS) is 13.2. The third kappa shape index (κ3) is 6.78. The molecule has 0 aliphatic heterocycles. The first kappa shape index (κ1) is 38.7. The van der Waals surface area contributed by atoms with Crippen molar-refractivity contribution in [1.82, 2.24) is 15.0 Å². The van der Waals surface area contributed by atoms with Crippen LogP contribution >= 0.6 is 0 Å². The first-order chi connectivity index (χ1) is 29.5. The van der Waals surface area contributed by atoms with Gasteiger partial charge in [-0.3, -0.25) is 0 Å². The molecular weight excluding hydrogens is 771 g/mol. The maximum Gasteiger partial charge on any atom is 0.164 e. The van der Waals surface area contributed by atoms with E-state index in [0.717, 1.165) is 22.3 Å². The van der Waals surface area contributed by atoms with Gasteiger partial charge in [0, 0.05) is 16.7 Å². The molecule has 9 aromatic rings. The van der Waals surface area contributed by atoms with E-state index in [1.54, 1.807) is 0 Å². The Morgan fingerprint density at radius 1 is 0.361 bits per heavy atom. The molecular formula is C56H49N3Si2. The average Bonchev–Trinajstić information content (AvgIpc) is 3.60. The van der Waals surface area contributed by atoms with Crippen LogP contribution < -0.4 is 10.4 Å². The Balaban J connectivity index is 1.10. The highest BCUT2D eigenvalue weighted by molar-refractivity contribution is 6.89. The van der Waals surface area contributed by atoms with Crippen LogP contribution in [0.25, 0.3) is 67.2 Å².